The van der Waals surface area contributed by atoms with E-state index >= 15 is 0 Å². The molecule has 0 aromatic carbocycles. The monoisotopic (exact) mass is 290 g/mol. The number of rotatable bonds is 4. The lowest BCUT2D eigenvalue weighted by molar-refractivity contribution is -0.147. The number of esters is 1. The number of hydrogen-bond acceptors (Lipinski definition) is 5. The number of ether oxygens (including phenoxy) is 1. The summed E-state index contributed by atoms with van der Waals surface area (Å²) in [5, 5.41) is 15.0. The van der Waals surface area contributed by atoms with Crippen LogP contribution < -0.4 is 10.6 Å². The van der Waals surface area contributed by atoms with E-state index in [-0.39, 0.29) is 24.2 Å². The minimum atomic E-state index is -0.956. The summed E-state index contributed by atoms with van der Waals surface area (Å²) >= 11 is 0. The first-order valence-corrected chi connectivity index (χ1v) is 5.98. The Balaban J connectivity index is 0.00000180. The van der Waals surface area contributed by atoms with E-state index in [4.69, 9.17) is 4.74 Å². The van der Waals surface area contributed by atoms with Crippen molar-refractivity contribution in [2.45, 2.75) is 30.5 Å². The van der Waals surface area contributed by atoms with Crippen molar-refractivity contribution in [3.05, 3.63) is 12.7 Å². The Morgan fingerprint density at radius 3 is 2.68 bits per heavy atom. The lowest BCUT2D eigenvalue weighted by Crippen LogP contribution is -2.51. The molecule has 6 nitrogen and oxygen atoms in total. The van der Waals surface area contributed by atoms with Crippen molar-refractivity contribution in [2.24, 2.45) is 5.92 Å². The van der Waals surface area contributed by atoms with E-state index in [2.05, 4.69) is 17.2 Å². The molecular weight excluding hydrogens is 272 g/mol. The molecule has 2 aliphatic rings. The molecule has 0 aromatic rings. The lowest BCUT2D eigenvalue weighted by atomic mass is 10.1. The van der Waals surface area contributed by atoms with E-state index < -0.39 is 23.7 Å². The number of aliphatic hydroxyl groups is 1. The number of carbonyl (C=O) groups is 2. The Morgan fingerprint density at radius 1 is 1.58 bits per heavy atom. The van der Waals surface area contributed by atoms with Gasteiger partial charge in [-0.3, -0.25) is 4.79 Å². The number of carbonyl (C=O) groups excluding carboxylic acids is 2. The van der Waals surface area contributed by atoms with Crippen molar-refractivity contribution in [1.82, 2.24) is 10.6 Å². The second-order valence-electron chi connectivity index (χ2n) is 4.85. The Labute approximate surface area is 118 Å². The van der Waals surface area contributed by atoms with Crippen LogP contribution >= 0.6 is 12.4 Å². The molecule has 4 atom stereocenters. The second kappa shape index (κ2) is 5.90. The van der Waals surface area contributed by atoms with Gasteiger partial charge in [-0.05, 0) is 12.8 Å². The van der Waals surface area contributed by atoms with Crippen molar-refractivity contribution >= 4 is 24.3 Å². The summed E-state index contributed by atoms with van der Waals surface area (Å²) in [7, 11) is 1.30. The van der Waals surface area contributed by atoms with Gasteiger partial charge in [0.25, 0.3) is 0 Å². The number of aliphatic hydroxyl groups excluding tert-OH is 1. The van der Waals surface area contributed by atoms with E-state index in [1.165, 1.54) is 7.11 Å². The molecule has 2 fully saturated rings. The highest BCUT2D eigenvalue weighted by Gasteiger charge is 2.61. The maximum Gasteiger partial charge on any atom is 0.332 e. The molecule has 1 saturated heterocycles. The standard InChI is InChI=1S/C12H18N2O4.ClH/c1-3-7-5-12(7,11(17)18-2)14-10(16)9-4-8(15)6-13-9;/h3,7-9,13,15H,1,4-6H2,2H3,(H,14,16);1H/t7-,8-,9+,12-;/m1./s1. The highest BCUT2D eigenvalue weighted by atomic mass is 35.5. The molecule has 2 rings (SSSR count). The highest BCUT2D eigenvalue weighted by Crippen LogP contribution is 2.45. The van der Waals surface area contributed by atoms with Crippen LogP contribution in [0.3, 0.4) is 0 Å². The Hall–Kier alpha value is -1.11. The van der Waals surface area contributed by atoms with Crippen LogP contribution in [0.1, 0.15) is 12.8 Å². The number of β-amino-alcohol motifs (C(OH)–C–C–N with tert-alkyl or cyclic N) is 1. The van der Waals surface area contributed by atoms with Crippen LogP contribution in [0.15, 0.2) is 12.7 Å². The van der Waals surface area contributed by atoms with Gasteiger partial charge in [-0.1, -0.05) is 6.08 Å². The molecule has 0 aromatic heterocycles. The quantitative estimate of drug-likeness (QED) is 0.474. The summed E-state index contributed by atoms with van der Waals surface area (Å²) in [5.74, 6) is -0.805. The topological polar surface area (TPSA) is 87.7 Å². The van der Waals surface area contributed by atoms with Crippen LogP contribution in [0.25, 0.3) is 0 Å². The number of methoxy groups -OCH3 is 1. The predicted octanol–water partition coefficient (Wildman–Crippen LogP) is -0.635. The molecule has 1 aliphatic heterocycles. The fraction of sp³-hybridized carbons (Fsp3) is 0.667. The molecular formula is C12H19ClN2O4. The van der Waals surface area contributed by atoms with Gasteiger partial charge in [0, 0.05) is 12.5 Å². The van der Waals surface area contributed by atoms with E-state index in [0.29, 0.717) is 19.4 Å². The van der Waals surface area contributed by atoms with Gasteiger partial charge in [-0.2, -0.15) is 0 Å². The lowest BCUT2D eigenvalue weighted by Gasteiger charge is -2.19. The van der Waals surface area contributed by atoms with Crippen LogP contribution in [0.5, 0.6) is 0 Å². The van der Waals surface area contributed by atoms with Crippen molar-refractivity contribution in [3.8, 4) is 0 Å². The first-order chi connectivity index (χ1) is 8.53. The zero-order valence-corrected chi connectivity index (χ0v) is 11.5. The predicted molar refractivity (Wildman–Crippen MR) is 70.9 cm³/mol. The number of nitrogens with one attached hydrogen (secondary N) is 2. The maximum atomic E-state index is 12.0. The molecule has 7 heteroatoms. The number of amides is 1. The van der Waals surface area contributed by atoms with Crippen LogP contribution in [0.2, 0.25) is 0 Å². The molecule has 108 valence electrons. The van der Waals surface area contributed by atoms with Crippen molar-refractivity contribution < 1.29 is 19.4 Å². The molecule has 1 saturated carbocycles. The number of hydrogen-bond donors (Lipinski definition) is 3. The molecule has 0 spiro atoms. The summed E-state index contributed by atoms with van der Waals surface area (Å²) in [6.45, 7) is 4.03. The van der Waals surface area contributed by atoms with Crippen LogP contribution in [-0.4, -0.2) is 48.3 Å². The van der Waals surface area contributed by atoms with Crippen LogP contribution in [0.4, 0.5) is 0 Å². The summed E-state index contributed by atoms with van der Waals surface area (Å²) in [6.07, 6.45) is 2.02. The van der Waals surface area contributed by atoms with E-state index in [9.17, 15) is 14.7 Å². The largest absolute Gasteiger partial charge is 0.467 e. The smallest absolute Gasteiger partial charge is 0.332 e. The minimum Gasteiger partial charge on any atom is -0.467 e. The van der Waals surface area contributed by atoms with E-state index in [0.717, 1.165) is 0 Å². The summed E-state index contributed by atoms with van der Waals surface area (Å²) < 4.78 is 4.72. The summed E-state index contributed by atoms with van der Waals surface area (Å²) in [5.41, 5.74) is -0.956. The fourth-order valence-corrected chi connectivity index (χ4v) is 2.41. The summed E-state index contributed by atoms with van der Waals surface area (Å²) in [6, 6.07) is -0.451. The normalized spacial score (nSPS) is 36.0. The molecule has 1 aliphatic carbocycles. The zero-order valence-electron chi connectivity index (χ0n) is 10.7. The Morgan fingerprint density at radius 2 is 2.26 bits per heavy atom. The van der Waals surface area contributed by atoms with Gasteiger partial charge in [-0.15, -0.1) is 19.0 Å². The molecule has 1 heterocycles. The molecule has 0 unspecified atom stereocenters. The van der Waals surface area contributed by atoms with Gasteiger partial charge in [0.1, 0.15) is 5.54 Å². The van der Waals surface area contributed by atoms with Crippen LogP contribution in [0, 0.1) is 5.92 Å². The maximum absolute atomic E-state index is 12.0. The van der Waals surface area contributed by atoms with Gasteiger partial charge in [0.05, 0.1) is 19.3 Å². The average Bonchev–Trinajstić information content (AvgIpc) is 2.90. The van der Waals surface area contributed by atoms with E-state index in [1.807, 2.05) is 0 Å². The van der Waals surface area contributed by atoms with Crippen molar-refractivity contribution in [2.75, 3.05) is 13.7 Å². The SMILES string of the molecule is C=C[C@@H]1C[C@]1(NC(=O)[C@@H]1C[C@@H](O)CN1)C(=O)OC.Cl. The third-order valence-electron chi connectivity index (χ3n) is 3.62. The van der Waals surface area contributed by atoms with Gasteiger partial charge >= 0.3 is 5.97 Å². The van der Waals surface area contributed by atoms with Gasteiger partial charge in [-0.25, -0.2) is 4.79 Å². The number of halogens is 1. The van der Waals surface area contributed by atoms with Gasteiger partial charge in [0.2, 0.25) is 5.91 Å². The van der Waals surface area contributed by atoms with Crippen LogP contribution in [-0.2, 0) is 14.3 Å². The van der Waals surface area contributed by atoms with Crippen molar-refractivity contribution in [3.63, 3.8) is 0 Å². The molecule has 0 radical (unpaired) electrons. The molecule has 19 heavy (non-hydrogen) atoms. The average molecular weight is 291 g/mol. The van der Waals surface area contributed by atoms with Gasteiger partial charge < -0.3 is 20.5 Å². The highest BCUT2D eigenvalue weighted by molar-refractivity contribution is 5.93. The third kappa shape index (κ3) is 2.91. The Bertz CT molecular complexity index is 390. The first kappa shape index (κ1) is 15.9. The summed E-state index contributed by atoms with van der Waals surface area (Å²) in [4.78, 5) is 23.7. The van der Waals surface area contributed by atoms with Gasteiger partial charge in [0.15, 0.2) is 0 Å². The minimum absolute atomic E-state index is 0. The first-order valence-electron chi connectivity index (χ1n) is 5.98. The Kier molecular flexibility index (Phi) is 4.95. The second-order valence-corrected chi connectivity index (χ2v) is 4.85. The zero-order chi connectivity index (χ0) is 13.3. The third-order valence-corrected chi connectivity index (χ3v) is 3.62. The molecule has 1 amide bonds. The van der Waals surface area contributed by atoms with Crippen molar-refractivity contribution in [1.29, 1.82) is 0 Å². The molecule has 0 bridgehead atoms. The van der Waals surface area contributed by atoms with E-state index in [1.54, 1.807) is 6.08 Å². The molecule has 3 N–H and O–H groups in total. The fourth-order valence-electron chi connectivity index (χ4n) is 2.41.